The molecule has 0 bridgehead atoms. The van der Waals surface area contributed by atoms with Crippen LogP contribution in [-0.4, -0.2) is 25.5 Å². The summed E-state index contributed by atoms with van der Waals surface area (Å²) in [7, 11) is 1.71. The van der Waals surface area contributed by atoms with Crippen LogP contribution in [0.25, 0.3) is 0 Å². The van der Waals surface area contributed by atoms with Gasteiger partial charge >= 0.3 is 0 Å². The summed E-state index contributed by atoms with van der Waals surface area (Å²) in [5.41, 5.74) is 5.63. The van der Waals surface area contributed by atoms with Gasteiger partial charge in [-0.25, -0.2) is 8.78 Å². The molecule has 1 saturated carbocycles. The number of hydrogen-bond acceptors (Lipinski definition) is 3. The average molecular weight is 297 g/mol. The molecule has 0 spiro atoms. The minimum absolute atomic E-state index is 0.0309. The van der Waals surface area contributed by atoms with Gasteiger partial charge in [0.05, 0.1) is 6.54 Å². The van der Waals surface area contributed by atoms with Crippen molar-refractivity contribution in [2.24, 2.45) is 5.73 Å². The molecule has 0 unspecified atom stereocenters. The van der Waals surface area contributed by atoms with Gasteiger partial charge in [-0.2, -0.15) is 0 Å². The standard InChI is InChI=1S/C15H21F2N3O/c1-19-8-10-6-12(16)15(13(17)7-10)20(9-14(18)21)11-4-2-3-5-11/h6-7,11,19H,2-5,8-9H2,1H3,(H2,18,21). The van der Waals surface area contributed by atoms with E-state index in [9.17, 15) is 13.6 Å². The van der Waals surface area contributed by atoms with Crippen LogP contribution < -0.4 is 16.0 Å². The van der Waals surface area contributed by atoms with Crippen molar-refractivity contribution in [3.63, 3.8) is 0 Å². The van der Waals surface area contributed by atoms with Crippen molar-refractivity contribution in [1.82, 2.24) is 5.32 Å². The van der Waals surface area contributed by atoms with Crippen LogP contribution >= 0.6 is 0 Å². The molecule has 116 valence electrons. The molecule has 1 aliphatic carbocycles. The molecule has 3 N–H and O–H groups in total. The third kappa shape index (κ3) is 3.69. The molecular weight excluding hydrogens is 276 g/mol. The van der Waals surface area contributed by atoms with Crippen LogP contribution in [0, 0.1) is 11.6 Å². The molecule has 0 atom stereocenters. The molecule has 4 nitrogen and oxygen atoms in total. The maximum absolute atomic E-state index is 14.3. The normalized spacial score (nSPS) is 15.4. The van der Waals surface area contributed by atoms with Crippen LogP contribution in [0.5, 0.6) is 0 Å². The van der Waals surface area contributed by atoms with Crippen molar-refractivity contribution in [2.75, 3.05) is 18.5 Å². The van der Waals surface area contributed by atoms with Crippen molar-refractivity contribution in [3.05, 3.63) is 29.3 Å². The number of hydrogen-bond donors (Lipinski definition) is 2. The monoisotopic (exact) mass is 297 g/mol. The van der Waals surface area contributed by atoms with Gasteiger partial charge in [0.2, 0.25) is 5.91 Å². The number of nitrogens with two attached hydrogens (primary N) is 1. The number of benzene rings is 1. The lowest BCUT2D eigenvalue weighted by Crippen LogP contribution is -2.41. The summed E-state index contributed by atoms with van der Waals surface area (Å²) in [6.07, 6.45) is 3.65. The van der Waals surface area contributed by atoms with Crippen LogP contribution in [0.1, 0.15) is 31.2 Å². The van der Waals surface area contributed by atoms with Gasteiger partial charge < -0.3 is 16.0 Å². The number of carbonyl (C=O) groups is 1. The van der Waals surface area contributed by atoms with Gasteiger partial charge in [-0.3, -0.25) is 4.79 Å². The highest BCUT2D eigenvalue weighted by molar-refractivity contribution is 5.80. The number of anilines is 1. The molecule has 6 heteroatoms. The third-order valence-corrected chi connectivity index (χ3v) is 3.84. The van der Waals surface area contributed by atoms with Gasteiger partial charge in [0.1, 0.15) is 17.3 Å². The fourth-order valence-corrected chi connectivity index (χ4v) is 2.97. The quantitative estimate of drug-likeness (QED) is 0.843. The first-order valence-corrected chi connectivity index (χ1v) is 7.20. The second kappa shape index (κ2) is 6.85. The Kier molecular flexibility index (Phi) is 5.12. The molecule has 0 saturated heterocycles. The zero-order chi connectivity index (χ0) is 15.4. The molecule has 1 aromatic carbocycles. The van der Waals surface area contributed by atoms with Crippen molar-refractivity contribution in [2.45, 2.75) is 38.3 Å². The minimum atomic E-state index is -0.645. The minimum Gasteiger partial charge on any atom is -0.368 e. The summed E-state index contributed by atoms with van der Waals surface area (Å²) in [5, 5.41) is 2.85. The van der Waals surface area contributed by atoms with E-state index in [1.165, 1.54) is 17.0 Å². The number of primary amides is 1. The van der Waals surface area contributed by atoms with Crippen LogP contribution in [0.3, 0.4) is 0 Å². The second-order valence-electron chi connectivity index (χ2n) is 5.47. The summed E-state index contributed by atoms with van der Waals surface area (Å²) in [6, 6.07) is 2.58. The number of carbonyl (C=O) groups excluding carboxylic acids is 1. The number of halogens is 2. The summed E-state index contributed by atoms with van der Waals surface area (Å²) < 4.78 is 28.7. The van der Waals surface area contributed by atoms with Crippen molar-refractivity contribution in [3.8, 4) is 0 Å². The van der Waals surface area contributed by atoms with E-state index in [4.69, 9.17) is 5.73 Å². The Bertz CT molecular complexity index is 493. The average Bonchev–Trinajstić information content (AvgIpc) is 2.90. The maximum Gasteiger partial charge on any atom is 0.236 e. The van der Waals surface area contributed by atoms with Gasteiger partial charge in [0.15, 0.2) is 0 Å². The zero-order valence-electron chi connectivity index (χ0n) is 12.2. The number of nitrogens with zero attached hydrogens (tertiary/aromatic N) is 1. The molecule has 21 heavy (non-hydrogen) atoms. The highest BCUT2D eigenvalue weighted by Crippen LogP contribution is 2.32. The number of nitrogens with one attached hydrogen (secondary N) is 1. The van der Waals surface area contributed by atoms with Gasteiger partial charge in [0, 0.05) is 12.6 Å². The van der Waals surface area contributed by atoms with Crippen LogP contribution in [0.4, 0.5) is 14.5 Å². The van der Waals surface area contributed by atoms with Crippen molar-refractivity contribution >= 4 is 11.6 Å². The predicted molar refractivity (Wildman–Crippen MR) is 77.9 cm³/mol. The first-order valence-electron chi connectivity index (χ1n) is 7.20. The summed E-state index contributed by atoms with van der Waals surface area (Å²) in [4.78, 5) is 12.7. The molecule has 1 amide bonds. The fraction of sp³-hybridized carbons (Fsp3) is 0.533. The van der Waals surface area contributed by atoms with Crippen LogP contribution in [0.15, 0.2) is 12.1 Å². The first-order chi connectivity index (χ1) is 10.0. The van der Waals surface area contributed by atoms with E-state index >= 15 is 0 Å². The summed E-state index contributed by atoms with van der Waals surface area (Å²) in [6.45, 7) is 0.219. The second-order valence-corrected chi connectivity index (χ2v) is 5.47. The summed E-state index contributed by atoms with van der Waals surface area (Å²) >= 11 is 0. The van der Waals surface area contributed by atoms with Gasteiger partial charge in [-0.1, -0.05) is 12.8 Å². The van der Waals surface area contributed by atoms with E-state index in [1.54, 1.807) is 7.05 Å². The van der Waals surface area contributed by atoms with E-state index in [0.717, 1.165) is 25.7 Å². The Morgan fingerprint density at radius 3 is 2.38 bits per heavy atom. The Balaban J connectivity index is 2.36. The lowest BCUT2D eigenvalue weighted by Gasteiger charge is -2.30. The SMILES string of the molecule is CNCc1cc(F)c(N(CC(N)=O)C2CCCC2)c(F)c1. The molecule has 2 rings (SSSR count). The Morgan fingerprint density at radius 1 is 1.33 bits per heavy atom. The molecule has 0 radical (unpaired) electrons. The fourth-order valence-electron chi connectivity index (χ4n) is 2.97. The number of rotatable bonds is 6. The van der Waals surface area contributed by atoms with Gasteiger partial charge in [-0.15, -0.1) is 0 Å². The van der Waals surface area contributed by atoms with Gasteiger partial charge in [0.25, 0.3) is 0 Å². The smallest absolute Gasteiger partial charge is 0.236 e. The Labute approximate surface area is 123 Å². The maximum atomic E-state index is 14.3. The third-order valence-electron chi connectivity index (χ3n) is 3.84. The largest absolute Gasteiger partial charge is 0.368 e. The lowest BCUT2D eigenvalue weighted by molar-refractivity contribution is -0.116. The highest BCUT2D eigenvalue weighted by Gasteiger charge is 2.28. The molecule has 1 aromatic rings. The zero-order valence-corrected chi connectivity index (χ0v) is 12.2. The van der Waals surface area contributed by atoms with Gasteiger partial charge in [-0.05, 0) is 37.6 Å². The van der Waals surface area contributed by atoms with E-state index in [1.807, 2.05) is 0 Å². The van der Waals surface area contributed by atoms with E-state index in [0.29, 0.717) is 12.1 Å². The van der Waals surface area contributed by atoms with E-state index in [2.05, 4.69) is 5.32 Å². The molecule has 1 aliphatic rings. The van der Waals surface area contributed by atoms with Crippen molar-refractivity contribution < 1.29 is 13.6 Å². The molecule has 0 aromatic heterocycles. The topological polar surface area (TPSA) is 58.4 Å². The lowest BCUT2D eigenvalue weighted by atomic mass is 10.1. The van der Waals surface area contributed by atoms with E-state index < -0.39 is 17.5 Å². The highest BCUT2D eigenvalue weighted by atomic mass is 19.1. The summed E-state index contributed by atoms with van der Waals surface area (Å²) in [5.74, 6) is -1.87. The number of amides is 1. The molecule has 0 aliphatic heterocycles. The van der Waals surface area contributed by atoms with Crippen molar-refractivity contribution in [1.29, 1.82) is 0 Å². The first kappa shape index (κ1) is 15.7. The molecule has 1 fully saturated rings. The Hall–Kier alpha value is -1.69. The predicted octanol–water partition coefficient (Wildman–Crippen LogP) is 1.92. The Morgan fingerprint density at radius 2 is 1.90 bits per heavy atom. The molecule has 0 heterocycles. The van der Waals surface area contributed by atoms with Crippen LogP contribution in [-0.2, 0) is 11.3 Å². The van der Waals surface area contributed by atoms with E-state index in [-0.39, 0.29) is 18.3 Å². The molecular formula is C15H21F2N3O. The van der Waals surface area contributed by atoms with Crippen LogP contribution in [0.2, 0.25) is 0 Å².